The maximum Gasteiger partial charge on any atom is 0.240 e. The van der Waals surface area contributed by atoms with Crippen molar-refractivity contribution in [3.63, 3.8) is 0 Å². The molecule has 1 aliphatic heterocycles. The smallest absolute Gasteiger partial charge is 0.240 e. The minimum Gasteiger partial charge on any atom is -0.492 e. The van der Waals surface area contributed by atoms with Crippen LogP contribution in [0.5, 0.6) is 17.2 Å². The quantitative estimate of drug-likeness (QED) is 0.661. The zero-order valence-corrected chi connectivity index (χ0v) is 15.4. The van der Waals surface area contributed by atoms with E-state index in [0.29, 0.717) is 24.7 Å². The number of nitrogens with one attached hydrogen (secondary N) is 1. The van der Waals surface area contributed by atoms with E-state index in [1.54, 1.807) is 6.07 Å². The largest absolute Gasteiger partial charge is 0.492 e. The molecule has 0 aliphatic carbocycles. The Balaban J connectivity index is 1.39. The molecule has 4 rings (SSSR count). The minimum atomic E-state index is -3.66. The van der Waals surface area contributed by atoms with Gasteiger partial charge in [-0.1, -0.05) is 36.4 Å². The van der Waals surface area contributed by atoms with E-state index in [2.05, 4.69) is 4.72 Å². The summed E-state index contributed by atoms with van der Waals surface area (Å²) in [5.74, 6) is 1.72. The summed E-state index contributed by atoms with van der Waals surface area (Å²) in [6, 6.07) is 18.3. The molecule has 0 fully saturated rings. The molecule has 1 N–H and O–H groups in total. The van der Waals surface area contributed by atoms with Gasteiger partial charge in [0.05, 0.1) is 4.90 Å². The molecule has 0 aromatic heterocycles. The van der Waals surface area contributed by atoms with Crippen molar-refractivity contribution < 1.29 is 22.6 Å². The van der Waals surface area contributed by atoms with Crippen LogP contribution in [0, 0.1) is 0 Å². The van der Waals surface area contributed by atoms with E-state index in [4.69, 9.17) is 14.2 Å². The van der Waals surface area contributed by atoms with Crippen molar-refractivity contribution in [2.75, 3.05) is 26.4 Å². The highest BCUT2D eigenvalue weighted by Gasteiger charge is 2.19. The average molecular weight is 385 g/mol. The second-order valence-corrected chi connectivity index (χ2v) is 7.80. The fraction of sp³-hybridized carbons (Fsp3) is 0.200. The number of benzene rings is 3. The van der Waals surface area contributed by atoms with Gasteiger partial charge in [-0.2, -0.15) is 0 Å². The van der Waals surface area contributed by atoms with Crippen LogP contribution in [0.15, 0.2) is 65.6 Å². The monoisotopic (exact) mass is 385 g/mol. The molecular formula is C20H19NO5S. The van der Waals surface area contributed by atoms with Crippen LogP contribution in [0.2, 0.25) is 0 Å². The Kier molecular flexibility index (Phi) is 4.87. The van der Waals surface area contributed by atoms with Crippen molar-refractivity contribution in [2.24, 2.45) is 0 Å². The van der Waals surface area contributed by atoms with Gasteiger partial charge >= 0.3 is 0 Å². The molecule has 0 amide bonds. The Morgan fingerprint density at radius 2 is 1.70 bits per heavy atom. The van der Waals surface area contributed by atoms with Crippen LogP contribution in [-0.4, -0.2) is 34.8 Å². The summed E-state index contributed by atoms with van der Waals surface area (Å²) in [6.45, 7) is 1.24. The van der Waals surface area contributed by atoms with E-state index in [0.717, 1.165) is 16.5 Å². The Morgan fingerprint density at radius 1 is 0.926 bits per heavy atom. The van der Waals surface area contributed by atoms with Gasteiger partial charge in [0.2, 0.25) is 10.0 Å². The molecule has 3 aromatic rings. The second kappa shape index (κ2) is 7.46. The fourth-order valence-corrected chi connectivity index (χ4v) is 3.96. The summed E-state index contributed by atoms with van der Waals surface area (Å²) >= 11 is 0. The first-order valence-corrected chi connectivity index (χ1v) is 10.1. The molecule has 0 spiro atoms. The predicted octanol–water partition coefficient (Wildman–Crippen LogP) is 2.97. The van der Waals surface area contributed by atoms with Crippen molar-refractivity contribution in [2.45, 2.75) is 4.90 Å². The van der Waals surface area contributed by atoms with Gasteiger partial charge in [0.25, 0.3) is 0 Å². The normalized spacial score (nSPS) is 13.5. The van der Waals surface area contributed by atoms with Crippen molar-refractivity contribution >= 4 is 20.8 Å². The Morgan fingerprint density at radius 3 is 2.59 bits per heavy atom. The molecule has 0 unspecified atom stereocenters. The molecular weight excluding hydrogens is 366 g/mol. The molecule has 1 heterocycles. The molecule has 0 saturated heterocycles. The van der Waals surface area contributed by atoms with Gasteiger partial charge in [-0.25, -0.2) is 13.1 Å². The third kappa shape index (κ3) is 3.84. The number of rotatable bonds is 6. The first kappa shape index (κ1) is 17.6. The fourth-order valence-electron chi connectivity index (χ4n) is 2.93. The van der Waals surface area contributed by atoms with Crippen molar-refractivity contribution in [3.8, 4) is 17.2 Å². The van der Waals surface area contributed by atoms with Crippen LogP contribution in [0.3, 0.4) is 0 Å². The first-order chi connectivity index (χ1) is 13.1. The maximum absolute atomic E-state index is 12.5. The van der Waals surface area contributed by atoms with E-state index < -0.39 is 10.0 Å². The summed E-state index contributed by atoms with van der Waals surface area (Å²) in [6.07, 6.45) is 0. The lowest BCUT2D eigenvalue weighted by atomic mass is 10.1. The highest BCUT2D eigenvalue weighted by Crippen LogP contribution is 2.32. The lowest BCUT2D eigenvalue weighted by Crippen LogP contribution is -2.28. The Hall–Kier alpha value is -2.77. The summed E-state index contributed by atoms with van der Waals surface area (Å²) in [4.78, 5) is 0.136. The third-order valence-corrected chi connectivity index (χ3v) is 5.68. The van der Waals surface area contributed by atoms with Crippen molar-refractivity contribution in [1.82, 2.24) is 4.72 Å². The van der Waals surface area contributed by atoms with E-state index in [-0.39, 0.29) is 18.0 Å². The highest BCUT2D eigenvalue weighted by molar-refractivity contribution is 7.89. The highest BCUT2D eigenvalue weighted by atomic mass is 32.2. The van der Waals surface area contributed by atoms with Crippen molar-refractivity contribution in [1.29, 1.82) is 0 Å². The summed E-state index contributed by atoms with van der Waals surface area (Å²) < 4.78 is 44.1. The van der Waals surface area contributed by atoms with Crippen LogP contribution in [0.1, 0.15) is 0 Å². The molecule has 7 heteroatoms. The van der Waals surface area contributed by atoms with Gasteiger partial charge < -0.3 is 14.2 Å². The molecule has 0 radical (unpaired) electrons. The zero-order valence-electron chi connectivity index (χ0n) is 14.6. The van der Waals surface area contributed by atoms with E-state index >= 15 is 0 Å². The van der Waals surface area contributed by atoms with E-state index in [1.165, 1.54) is 12.1 Å². The SMILES string of the molecule is O=S(=O)(NCCOc1cccc2ccccc12)c1ccc2c(c1)OCCO2. The minimum absolute atomic E-state index is 0.136. The average Bonchev–Trinajstić information content (AvgIpc) is 2.71. The second-order valence-electron chi connectivity index (χ2n) is 6.03. The van der Waals surface area contributed by atoms with E-state index in [1.807, 2.05) is 42.5 Å². The lowest BCUT2D eigenvalue weighted by Gasteiger charge is -2.19. The number of ether oxygens (including phenoxy) is 3. The molecule has 1 aliphatic rings. The molecule has 0 atom stereocenters. The Bertz CT molecular complexity index is 1060. The van der Waals surface area contributed by atoms with E-state index in [9.17, 15) is 8.42 Å². The Labute approximate surface area is 157 Å². The number of hydrogen-bond donors (Lipinski definition) is 1. The molecule has 6 nitrogen and oxygen atoms in total. The van der Waals surface area contributed by atoms with Gasteiger partial charge in [-0.05, 0) is 23.6 Å². The molecule has 140 valence electrons. The molecule has 3 aromatic carbocycles. The van der Waals surface area contributed by atoms with Crippen LogP contribution < -0.4 is 18.9 Å². The molecule has 27 heavy (non-hydrogen) atoms. The standard InChI is InChI=1S/C20H19NO5S/c22-27(23,16-8-9-19-20(14-16)26-13-12-25-19)21-10-11-24-18-7-3-5-15-4-1-2-6-17(15)18/h1-9,14,21H,10-13H2. The zero-order chi connectivity index (χ0) is 18.7. The van der Waals surface area contributed by atoms with Crippen LogP contribution in [0.25, 0.3) is 10.8 Å². The van der Waals surface area contributed by atoms with Gasteiger partial charge in [0.1, 0.15) is 25.6 Å². The summed E-state index contributed by atoms with van der Waals surface area (Å²) in [5.41, 5.74) is 0. The van der Waals surface area contributed by atoms with Gasteiger partial charge in [0.15, 0.2) is 11.5 Å². The molecule has 0 saturated carbocycles. The predicted molar refractivity (Wildman–Crippen MR) is 102 cm³/mol. The summed E-state index contributed by atoms with van der Waals surface area (Å²) in [7, 11) is -3.66. The third-order valence-electron chi connectivity index (χ3n) is 4.23. The van der Waals surface area contributed by atoms with Crippen molar-refractivity contribution in [3.05, 3.63) is 60.7 Å². The van der Waals surface area contributed by atoms with Crippen LogP contribution in [-0.2, 0) is 10.0 Å². The van der Waals surface area contributed by atoms with Crippen LogP contribution >= 0.6 is 0 Å². The van der Waals surface area contributed by atoms with Gasteiger partial charge in [0, 0.05) is 18.0 Å². The van der Waals surface area contributed by atoms with Crippen LogP contribution in [0.4, 0.5) is 0 Å². The first-order valence-electron chi connectivity index (χ1n) is 8.63. The number of hydrogen-bond acceptors (Lipinski definition) is 5. The van der Waals surface area contributed by atoms with Gasteiger partial charge in [-0.15, -0.1) is 0 Å². The lowest BCUT2D eigenvalue weighted by molar-refractivity contribution is 0.171. The molecule has 0 bridgehead atoms. The number of fused-ring (bicyclic) bond motifs is 2. The summed E-state index contributed by atoms with van der Waals surface area (Å²) in [5, 5.41) is 2.07. The van der Waals surface area contributed by atoms with Gasteiger partial charge in [-0.3, -0.25) is 0 Å². The topological polar surface area (TPSA) is 73.9 Å². The maximum atomic E-state index is 12.5. The number of sulfonamides is 1.